The Balaban J connectivity index is 2.63. The van der Waals surface area contributed by atoms with Gasteiger partial charge in [-0.3, -0.25) is 9.78 Å². The van der Waals surface area contributed by atoms with Crippen LogP contribution in [0.2, 0.25) is 10.0 Å². The van der Waals surface area contributed by atoms with Gasteiger partial charge in [-0.2, -0.15) is 4.39 Å². The lowest BCUT2D eigenvalue weighted by atomic mass is 10.1. The number of halogens is 3. The van der Waals surface area contributed by atoms with Crippen LogP contribution in [-0.4, -0.2) is 4.98 Å². The molecule has 0 saturated heterocycles. The molecule has 0 radical (unpaired) electrons. The SMILES string of the molecule is O=c1cc(-c2ccc(Cl)cc2Cl)cc(F)[nH]1. The van der Waals surface area contributed by atoms with Gasteiger partial charge in [0.05, 0.1) is 0 Å². The largest absolute Gasteiger partial charge is 0.299 e. The third-order valence-corrected chi connectivity index (χ3v) is 2.60. The highest BCUT2D eigenvalue weighted by Gasteiger charge is 2.06. The number of rotatable bonds is 1. The molecule has 16 heavy (non-hydrogen) atoms. The number of benzene rings is 1. The predicted molar refractivity (Wildman–Crippen MR) is 62.5 cm³/mol. The van der Waals surface area contributed by atoms with Gasteiger partial charge in [-0.05, 0) is 23.8 Å². The van der Waals surface area contributed by atoms with Gasteiger partial charge in [0.2, 0.25) is 0 Å². The summed E-state index contributed by atoms with van der Waals surface area (Å²) in [7, 11) is 0. The molecule has 0 aliphatic heterocycles. The van der Waals surface area contributed by atoms with Crippen molar-refractivity contribution in [3.63, 3.8) is 0 Å². The van der Waals surface area contributed by atoms with Crippen LogP contribution < -0.4 is 5.56 Å². The van der Waals surface area contributed by atoms with Crippen LogP contribution in [0.3, 0.4) is 0 Å². The van der Waals surface area contributed by atoms with E-state index in [1.54, 1.807) is 12.1 Å². The zero-order chi connectivity index (χ0) is 11.7. The van der Waals surface area contributed by atoms with Gasteiger partial charge in [0.25, 0.3) is 5.56 Å². The molecule has 1 heterocycles. The van der Waals surface area contributed by atoms with Crippen LogP contribution >= 0.6 is 23.2 Å². The van der Waals surface area contributed by atoms with E-state index in [1.807, 2.05) is 4.98 Å². The molecule has 0 fully saturated rings. The molecule has 0 spiro atoms. The van der Waals surface area contributed by atoms with Gasteiger partial charge < -0.3 is 0 Å². The topological polar surface area (TPSA) is 32.9 Å². The van der Waals surface area contributed by atoms with Crippen LogP contribution in [0, 0.1) is 5.95 Å². The summed E-state index contributed by atoms with van der Waals surface area (Å²) in [5.41, 5.74) is 0.472. The van der Waals surface area contributed by atoms with Crippen LogP contribution in [-0.2, 0) is 0 Å². The first-order valence-electron chi connectivity index (χ1n) is 4.41. The zero-order valence-corrected chi connectivity index (χ0v) is 9.44. The summed E-state index contributed by atoms with van der Waals surface area (Å²) in [6.45, 7) is 0. The number of aromatic nitrogens is 1. The Bertz CT molecular complexity index is 595. The Labute approximate surface area is 101 Å². The van der Waals surface area contributed by atoms with Crippen molar-refractivity contribution >= 4 is 23.2 Å². The van der Waals surface area contributed by atoms with Crippen molar-refractivity contribution in [2.45, 2.75) is 0 Å². The van der Waals surface area contributed by atoms with Crippen molar-refractivity contribution in [2.24, 2.45) is 0 Å². The minimum Gasteiger partial charge on any atom is -0.299 e. The molecule has 0 bridgehead atoms. The van der Waals surface area contributed by atoms with Crippen LogP contribution in [0.4, 0.5) is 4.39 Å². The fourth-order valence-corrected chi connectivity index (χ4v) is 1.91. The second kappa shape index (κ2) is 4.28. The smallest absolute Gasteiger partial charge is 0.250 e. The minimum atomic E-state index is -0.700. The first-order valence-corrected chi connectivity index (χ1v) is 5.17. The molecule has 1 aromatic heterocycles. The van der Waals surface area contributed by atoms with Gasteiger partial charge >= 0.3 is 0 Å². The quantitative estimate of drug-likeness (QED) is 0.780. The maximum Gasteiger partial charge on any atom is 0.250 e. The van der Waals surface area contributed by atoms with Crippen LogP contribution in [0.1, 0.15) is 0 Å². The van der Waals surface area contributed by atoms with Crippen LogP contribution in [0.25, 0.3) is 11.1 Å². The van der Waals surface area contributed by atoms with E-state index in [0.29, 0.717) is 21.2 Å². The standard InChI is InChI=1S/C11H6Cl2FNO/c12-7-1-2-8(9(13)5-7)6-3-10(14)15-11(16)4-6/h1-5H,(H,15,16). The monoisotopic (exact) mass is 257 g/mol. The summed E-state index contributed by atoms with van der Waals surface area (Å²) in [6, 6.07) is 7.28. The molecule has 0 aliphatic carbocycles. The number of aromatic amines is 1. The molecule has 0 unspecified atom stereocenters. The van der Waals surface area contributed by atoms with Crippen LogP contribution in [0.5, 0.6) is 0 Å². The predicted octanol–water partition coefficient (Wildman–Crippen LogP) is 3.49. The average molecular weight is 258 g/mol. The highest BCUT2D eigenvalue weighted by molar-refractivity contribution is 6.36. The summed E-state index contributed by atoms with van der Waals surface area (Å²) in [4.78, 5) is 13.1. The molecule has 1 aromatic carbocycles. The Morgan fingerprint density at radius 1 is 1.12 bits per heavy atom. The molecule has 2 aromatic rings. The lowest BCUT2D eigenvalue weighted by Gasteiger charge is -2.04. The summed E-state index contributed by atoms with van der Waals surface area (Å²) in [6.07, 6.45) is 0. The van der Waals surface area contributed by atoms with E-state index < -0.39 is 11.5 Å². The molecule has 0 amide bonds. The number of hydrogen-bond donors (Lipinski definition) is 1. The Kier molecular flexibility index (Phi) is 2.99. The highest BCUT2D eigenvalue weighted by atomic mass is 35.5. The lowest BCUT2D eigenvalue weighted by molar-refractivity contribution is 0.580. The molecule has 0 atom stereocenters. The molecule has 0 aliphatic rings. The van der Waals surface area contributed by atoms with Crippen molar-refractivity contribution in [1.82, 2.24) is 4.98 Å². The number of H-pyrrole nitrogens is 1. The van der Waals surface area contributed by atoms with Crippen molar-refractivity contribution < 1.29 is 4.39 Å². The van der Waals surface area contributed by atoms with Gasteiger partial charge in [0.1, 0.15) is 0 Å². The van der Waals surface area contributed by atoms with Crippen molar-refractivity contribution in [2.75, 3.05) is 0 Å². The zero-order valence-electron chi connectivity index (χ0n) is 7.93. The molecule has 2 rings (SSSR count). The van der Waals surface area contributed by atoms with Gasteiger partial charge in [0, 0.05) is 21.7 Å². The third kappa shape index (κ3) is 2.26. The third-order valence-electron chi connectivity index (χ3n) is 2.05. The molecule has 82 valence electrons. The molecular weight excluding hydrogens is 252 g/mol. The number of hydrogen-bond acceptors (Lipinski definition) is 1. The van der Waals surface area contributed by atoms with Crippen molar-refractivity contribution in [3.05, 3.63) is 56.7 Å². The van der Waals surface area contributed by atoms with Crippen molar-refractivity contribution in [3.8, 4) is 11.1 Å². The summed E-state index contributed by atoms with van der Waals surface area (Å²) in [5, 5.41) is 0.858. The fraction of sp³-hybridized carbons (Fsp3) is 0. The Morgan fingerprint density at radius 3 is 2.50 bits per heavy atom. The van der Waals surface area contributed by atoms with Crippen LogP contribution in [0.15, 0.2) is 35.1 Å². The first-order chi connectivity index (χ1) is 7.56. The van der Waals surface area contributed by atoms with Crippen molar-refractivity contribution in [1.29, 1.82) is 0 Å². The highest BCUT2D eigenvalue weighted by Crippen LogP contribution is 2.29. The van der Waals surface area contributed by atoms with E-state index in [1.165, 1.54) is 18.2 Å². The maximum absolute atomic E-state index is 13.0. The second-order valence-electron chi connectivity index (χ2n) is 3.21. The maximum atomic E-state index is 13.0. The van der Waals surface area contributed by atoms with Gasteiger partial charge in [-0.1, -0.05) is 29.3 Å². The second-order valence-corrected chi connectivity index (χ2v) is 4.05. The fourth-order valence-electron chi connectivity index (χ4n) is 1.39. The van der Waals surface area contributed by atoms with Gasteiger partial charge in [0.15, 0.2) is 5.95 Å². The van der Waals surface area contributed by atoms with E-state index in [2.05, 4.69) is 0 Å². The lowest BCUT2D eigenvalue weighted by Crippen LogP contribution is -2.06. The van der Waals surface area contributed by atoms with E-state index in [9.17, 15) is 9.18 Å². The molecule has 1 N–H and O–H groups in total. The molecule has 5 heteroatoms. The number of pyridine rings is 1. The normalized spacial score (nSPS) is 10.4. The minimum absolute atomic E-state index is 0.373. The van der Waals surface area contributed by atoms with E-state index in [-0.39, 0.29) is 0 Å². The molecule has 0 saturated carbocycles. The summed E-state index contributed by atoms with van der Waals surface area (Å²) < 4.78 is 13.0. The Hall–Kier alpha value is -1.32. The summed E-state index contributed by atoms with van der Waals surface area (Å²) >= 11 is 11.7. The average Bonchev–Trinajstić information content (AvgIpc) is 2.15. The summed E-state index contributed by atoms with van der Waals surface area (Å²) in [5.74, 6) is -0.700. The van der Waals surface area contributed by atoms with Gasteiger partial charge in [-0.15, -0.1) is 0 Å². The first kappa shape index (κ1) is 11.2. The molecular formula is C11H6Cl2FNO. The Morgan fingerprint density at radius 2 is 1.88 bits per heavy atom. The molecule has 2 nitrogen and oxygen atoms in total. The van der Waals surface area contributed by atoms with Gasteiger partial charge in [-0.25, -0.2) is 0 Å². The number of nitrogens with one attached hydrogen (secondary N) is 1. The van der Waals surface area contributed by atoms with E-state index in [4.69, 9.17) is 23.2 Å². The van der Waals surface area contributed by atoms with E-state index in [0.717, 1.165) is 0 Å². The van der Waals surface area contributed by atoms with E-state index >= 15 is 0 Å².